The molecular weight excluding hydrogens is 134 g/mol. The molecule has 0 radical (unpaired) electrons. The molecule has 1 aliphatic carbocycles. The van der Waals surface area contributed by atoms with E-state index in [1.165, 1.54) is 18.4 Å². The predicted octanol–water partition coefficient (Wildman–Crippen LogP) is 2.95. The molecule has 0 aromatic rings. The number of hydrogen-bond acceptors (Lipinski definition) is 1. The van der Waals surface area contributed by atoms with Crippen LogP contribution in [0.4, 0.5) is 0 Å². The van der Waals surface area contributed by atoms with Gasteiger partial charge in [0.2, 0.25) is 0 Å². The standard InChI is InChI=1S/C10H15N/c1-4-9-8(2)6-5-7-10(9)11-3/h4,8H,1,3,5-7H2,2H3. The lowest BCUT2D eigenvalue weighted by Crippen LogP contribution is -2.06. The maximum absolute atomic E-state index is 4.01. The molecule has 1 rings (SSSR count). The smallest absolute Gasteiger partial charge is 0.0430 e. The average molecular weight is 149 g/mol. The Morgan fingerprint density at radius 1 is 1.64 bits per heavy atom. The van der Waals surface area contributed by atoms with E-state index >= 15 is 0 Å². The fourth-order valence-electron chi connectivity index (χ4n) is 1.65. The van der Waals surface area contributed by atoms with E-state index in [1.54, 1.807) is 0 Å². The van der Waals surface area contributed by atoms with Gasteiger partial charge in [0.05, 0.1) is 0 Å². The fraction of sp³-hybridized carbons (Fsp3) is 0.500. The Kier molecular flexibility index (Phi) is 2.64. The maximum Gasteiger partial charge on any atom is 0.0430 e. The molecule has 1 heteroatoms. The summed E-state index contributed by atoms with van der Waals surface area (Å²) in [5.41, 5.74) is 2.45. The van der Waals surface area contributed by atoms with Crippen LogP contribution in [-0.4, -0.2) is 6.72 Å². The molecule has 0 aliphatic heterocycles. The zero-order valence-electron chi connectivity index (χ0n) is 7.14. The van der Waals surface area contributed by atoms with Crippen LogP contribution >= 0.6 is 0 Å². The van der Waals surface area contributed by atoms with Crippen molar-refractivity contribution in [2.75, 3.05) is 0 Å². The van der Waals surface area contributed by atoms with Crippen molar-refractivity contribution in [2.24, 2.45) is 10.9 Å². The molecule has 60 valence electrons. The summed E-state index contributed by atoms with van der Waals surface area (Å²) in [6.07, 6.45) is 5.51. The molecule has 0 aromatic heterocycles. The SMILES string of the molecule is C=CC1=C(N=C)CCCC1C. The van der Waals surface area contributed by atoms with Crippen molar-refractivity contribution in [1.82, 2.24) is 0 Å². The topological polar surface area (TPSA) is 12.4 Å². The molecule has 11 heavy (non-hydrogen) atoms. The summed E-state index contributed by atoms with van der Waals surface area (Å²) < 4.78 is 0. The molecule has 0 saturated heterocycles. The summed E-state index contributed by atoms with van der Waals surface area (Å²) in [6, 6.07) is 0. The quantitative estimate of drug-likeness (QED) is 0.535. The van der Waals surface area contributed by atoms with Gasteiger partial charge in [-0.15, -0.1) is 0 Å². The van der Waals surface area contributed by atoms with Crippen molar-refractivity contribution >= 4 is 6.72 Å². The van der Waals surface area contributed by atoms with Crippen molar-refractivity contribution in [3.63, 3.8) is 0 Å². The second-order valence-electron chi connectivity index (χ2n) is 3.06. The highest BCUT2D eigenvalue weighted by molar-refractivity contribution is 5.35. The van der Waals surface area contributed by atoms with Crippen LogP contribution in [0.2, 0.25) is 0 Å². The molecule has 0 heterocycles. The number of rotatable bonds is 2. The highest BCUT2D eigenvalue weighted by Gasteiger charge is 2.15. The van der Waals surface area contributed by atoms with E-state index in [0.717, 1.165) is 12.1 Å². The van der Waals surface area contributed by atoms with Crippen LogP contribution in [0.3, 0.4) is 0 Å². The van der Waals surface area contributed by atoms with Crippen LogP contribution in [0.5, 0.6) is 0 Å². The van der Waals surface area contributed by atoms with Gasteiger partial charge in [-0.2, -0.15) is 0 Å². The van der Waals surface area contributed by atoms with Crippen molar-refractivity contribution in [3.05, 3.63) is 23.9 Å². The van der Waals surface area contributed by atoms with Gasteiger partial charge in [0, 0.05) is 5.70 Å². The molecule has 1 atom stereocenters. The Bertz CT molecular complexity index is 201. The number of allylic oxidation sites excluding steroid dienone is 3. The minimum atomic E-state index is 0.627. The number of hydrogen-bond donors (Lipinski definition) is 0. The first kappa shape index (κ1) is 8.25. The average Bonchev–Trinajstić information content (AvgIpc) is 2.04. The molecule has 0 bridgehead atoms. The van der Waals surface area contributed by atoms with Crippen LogP contribution in [0.25, 0.3) is 0 Å². The Morgan fingerprint density at radius 2 is 2.36 bits per heavy atom. The Morgan fingerprint density at radius 3 is 2.82 bits per heavy atom. The monoisotopic (exact) mass is 149 g/mol. The van der Waals surface area contributed by atoms with Gasteiger partial charge in [0.15, 0.2) is 0 Å². The summed E-state index contributed by atoms with van der Waals surface area (Å²) in [7, 11) is 0. The lowest BCUT2D eigenvalue weighted by atomic mass is 9.87. The molecule has 0 fully saturated rings. The van der Waals surface area contributed by atoms with Crippen molar-refractivity contribution in [2.45, 2.75) is 26.2 Å². The van der Waals surface area contributed by atoms with Crippen LogP contribution < -0.4 is 0 Å². The molecule has 0 saturated carbocycles. The van der Waals surface area contributed by atoms with Crippen molar-refractivity contribution in [1.29, 1.82) is 0 Å². The lowest BCUT2D eigenvalue weighted by molar-refractivity contribution is 0.544. The van der Waals surface area contributed by atoms with Gasteiger partial charge < -0.3 is 0 Å². The summed E-state index contributed by atoms with van der Waals surface area (Å²) in [5, 5.41) is 0. The van der Waals surface area contributed by atoms with E-state index in [1.807, 2.05) is 6.08 Å². The van der Waals surface area contributed by atoms with Gasteiger partial charge in [-0.25, -0.2) is 0 Å². The summed E-state index contributed by atoms with van der Waals surface area (Å²) in [5.74, 6) is 0.627. The molecule has 1 nitrogen and oxygen atoms in total. The van der Waals surface area contributed by atoms with Gasteiger partial charge in [-0.05, 0) is 37.5 Å². The van der Waals surface area contributed by atoms with Gasteiger partial charge in [0.1, 0.15) is 0 Å². The van der Waals surface area contributed by atoms with Gasteiger partial charge >= 0.3 is 0 Å². The summed E-state index contributed by atoms with van der Waals surface area (Å²) >= 11 is 0. The number of nitrogens with zero attached hydrogens (tertiary/aromatic N) is 1. The zero-order chi connectivity index (χ0) is 8.27. The largest absolute Gasteiger partial charge is 0.269 e. The first-order chi connectivity index (χ1) is 5.29. The normalized spacial score (nSPS) is 25.0. The fourth-order valence-corrected chi connectivity index (χ4v) is 1.65. The predicted molar refractivity (Wildman–Crippen MR) is 49.8 cm³/mol. The molecule has 1 aliphatic rings. The van der Waals surface area contributed by atoms with Crippen molar-refractivity contribution < 1.29 is 0 Å². The molecule has 0 N–H and O–H groups in total. The van der Waals surface area contributed by atoms with Crippen LogP contribution in [0, 0.1) is 5.92 Å². The van der Waals surface area contributed by atoms with E-state index in [4.69, 9.17) is 0 Å². The van der Waals surface area contributed by atoms with Crippen LogP contribution in [0.1, 0.15) is 26.2 Å². The van der Waals surface area contributed by atoms with E-state index in [0.29, 0.717) is 5.92 Å². The molecule has 0 aromatic carbocycles. The Balaban J connectivity index is 2.94. The zero-order valence-corrected chi connectivity index (χ0v) is 7.14. The third-order valence-corrected chi connectivity index (χ3v) is 2.33. The van der Waals surface area contributed by atoms with E-state index in [-0.39, 0.29) is 0 Å². The third kappa shape index (κ3) is 1.59. The molecule has 0 amide bonds. The minimum absolute atomic E-state index is 0.627. The Hall–Kier alpha value is -0.850. The summed E-state index contributed by atoms with van der Waals surface area (Å²) in [4.78, 5) is 4.01. The van der Waals surface area contributed by atoms with E-state index in [2.05, 4.69) is 25.2 Å². The summed E-state index contributed by atoms with van der Waals surface area (Å²) in [6.45, 7) is 9.57. The second-order valence-corrected chi connectivity index (χ2v) is 3.06. The highest BCUT2D eigenvalue weighted by Crippen LogP contribution is 2.30. The van der Waals surface area contributed by atoms with Gasteiger partial charge in [-0.3, -0.25) is 4.99 Å². The first-order valence-electron chi connectivity index (χ1n) is 4.11. The van der Waals surface area contributed by atoms with Crippen LogP contribution in [-0.2, 0) is 0 Å². The minimum Gasteiger partial charge on any atom is -0.269 e. The van der Waals surface area contributed by atoms with Gasteiger partial charge in [0.25, 0.3) is 0 Å². The first-order valence-corrected chi connectivity index (χ1v) is 4.11. The van der Waals surface area contributed by atoms with E-state index < -0.39 is 0 Å². The highest BCUT2D eigenvalue weighted by atomic mass is 14.7. The van der Waals surface area contributed by atoms with E-state index in [9.17, 15) is 0 Å². The maximum atomic E-state index is 4.01. The number of aliphatic imine (C=N–C) groups is 1. The second kappa shape index (κ2) is 3.51. The molecule has 0 spiro atoms. The Labute approximate surface area is 68.5 Å². The third-order valence-electron chi connectivity index (χ3n) is 2.33. The molecular formula is C10H15N. The van der Waals surface area contributed by atoms with Crippen molar-refractivity contribution in [3.8, 4) is 0 Å². The molecule has 1 unspecified atom stereocenters. The van der Waals surface area contributed by atoms with Crippen LogP contribution in [0.15, 0.2) is 28.9 Å². The lowest BCUT2D eigenvalue weighted by Gasteiger charge is -2.20. The van der Waals surface area contributed by atoms with Gasteiger partial charge in [-0.1, -0.05) is 19.6 Å².